The van der Waals surface area contributed by atoms with E-state index in [1.807, 2.05) is 23.6 Å². The van der Waals surface area contributed by atoms with Crippen LogP contribution in [0.5, 0.6) is 0 Å². The van der Waals surface area contributed by atoms with Gasteiger partial charge in [0.1, 0.15) is 12.6 Å². The van der Waals surface area contributed by atoms with E-state index in [1.54, 1.807) is 0 Å². The van der Waals surface area contributed by atoms with Gasteiger partial charge in [0.15, 0.2) is 5.78 Å². The zero-order valence-corrected chi connectivity index (χ0v) is 27.6. The average molecular weight is 648 g/mol. The average Bonchev–Trinajstić information content (AvgIpc) is 3.58. The van der Waals surface area contributed by atoms with E-state index in [9.17, 15) is 28.8 Å². The molecule has 0 radical (unpaired) electrons. The van der Waals surface area contributed by atoms with Crippen molar-refractivity contribution < 1.29 is 33.5 Å². The van der Waals surface area contributed by atoms with Gasteiger partial charge in [0, 0.05) is 71.6 Å². The Balaban J connectivity index is 1.56. The van der Waals surface area contributed by atoms with Crippen molar-refractivity contribution in [3.05, 3.63) is 12.7 Å². The third kappa shape index (κ3) is 12.4. The maximum atomic E-state index is 13.6. The van der Waals surface area contributed by atoms with Crippen molar-refractivity contribution in [3.63, 3.8) is 0 Å². The molecule has 14 nitrogen and oxygen atoms in total. The van der Waals surface area contributed by atoms with Crippen LogP contribution in [-0.2, 0) is 33.5 Å². The van der Waals surface area contributed by atoms with Crippen LogP contribution in [0.4, 0.5) is 0 Å². The smallest absolute Gasteiger partial charge is 0.306 e. The number of Topliss-reactive ketones (excluding diaryl/α,β-unsaturated/α-hetero) is 1. The third-order valence-electron chi connectivity index (χ3n) is 8.44. The minimum absolute atomic E-state index is 0.0216. The maximum Gasteiger partial charge on any atom is 0.306 e. The summed E-state index contributed by atoms with van der Waals surface area (Å²) in [5.41, 5.74) is 3.00. The lowest BCUT2D eigenvalue weighted by Gasteiger charge is -2.37. The van der Waals surface area contributed by atoms with Crippen molar-refractivity contribution in [1.82, 2.24) is 35.8 Å². The maximum absolute atomic E-state index is 13.6. The summed E-state index contributed by atoms with van der Waals surface area (Å²) in [7, 11) is 0. The van der Waals surface area contributed by atoms with Crippen LogP contribution in [0.2, 0.25) is 0 Å². The SMILES string of the molecule is C=CCOC(=O)CC[C@@H](NC(=O)[C@@H]1CCCNN1C(=O)CCNC(=O)CC(C)C)C(=O)CN1CCN(CC(=O)N2CCCC2)CC1. The Labute approximate surface area is 272 Å². The molecule has 3 saturated heterocycles. The van der Waals surface area contributed by atoms with Crippen LogP contribution < -0.4 is 16.1 Å². The lowest BCUT2D eigenvalue weighted by molar-refractivity contribution is -0.147. The van der Waals surface area contributed by atoms with Crippen molar-refractivity contribution >= 4 is 35.4 Å². The summed E-state index contributed by atoms with van der Waals surface area (Å²) in [5, 5.41) is 6.87. The molecule has 0 aromatic heterocycles. The molecule has 3 fully saturated rings. The molecule has 258 valence electrons. The molecule has 46 heavy (non-hydrogen) atoms. The van der Waals surface area contributed by atoms with Crippen molar-refractivity contribution in [3.8, 4) is 0 Å². The van der Waals surface area contributed by atoms with Crippen molar-refractivity contribution in [2.24, 2.45) is 5.92 Å². The zero-order valence-electron chi connectivity index (χ0n) is 27.6. The quantitative estimate of drug-likeness (QED) is 0.143. The van der Waals surface area contributed by atoms with E-state index in [0.29, 0.717) is 58.5 Å². The van der Waals surface area contributed by atoms with E-state index in [0.717, 1.165) is 25.9 Å². The van der Waals surface area contributed by atoms with Crippen LogP contribution in [0, 0.1) is 5.92 Å². The molecule has 0 aromatic rings. The molecule has 0 saturated carbocycles. The van der Waals surface area contributed by atoms with Gasteiger partial charge < -0.3 is 20.3 Å². The number of nitrogens with one attached hydrogen (secondary N) is 3. The number of carbonyl (C=O) groups excluding carboxylic acids is 6. The second-order valence-electron chi connectivity index (χ2n) is 12.7. The summed E-state index contributed by atoms with van der Waals surface area (Å²) in [6.45, 7) is 12.8. The second-order valence-corrected chi connectivity index (χ2v) is 12.7. The lowest BCUT2D eigenvalue weighted by Crippen LogP contribution is -2.61. The second kappa shape index (κ2) is 19.3. The summed E-state index contributed by atoms with van der Waals surface area (Å²) in [6.07, 6.45) is 5.00. The molecule has 3 heterocycles. The van der Waals surface area contributed by atoms with Crippen LogP contribution in [-0.4, -0.2) is 139 Å². The van der Waals surface area contributed by atoms with Crippen LogP contribution in [0.1, 0.15) is 65.2 Å². The lowest BCUT2D eigenvalue weighted by atomic mass is 10.0. The molecule has 3 rings (SSSR count). The first-order valence-corrected chi connectivity index (χ1v) is 16.7. The summed E-state index contributed by atoms with van der Waals surface area (Å²) >= 11 is 0. The summed E-state index contributed by atoms with van der Waals surface area (Å²) in [6, 6.07) is -1.79. The van der Waals surface area contributed by atoms with Crippen molar-refractivity contribution in [2.45, 2.75) is 77.3 Å². The van der Waals surface area contributed by atoms with Gasteiger partial charge in [-0.05, 0) is 38.0 Å². The normalized spacial score (nSPS) is 19.8. The van der Waals surface area contributed by atoms with Gasteiger partial charge in [-0.1, -0.05) is 26.5 Å². The van der Waals surface area contributed by atoms with Gasteiger partial charge in [0.2, 0.25) is 23.6 Å². The monoisotopic (exact) mass is 647 g/mol. The predicted octanol–water partition coefficient (Wildman–Crippen LogP) is -0.162. The number of esters is 1. The summed E-state index contributed by atoms with van der Waals surface area (Å²) in [4.78, 5) is 82.9. The van der Waals surface area contributed by atoms with E-state index < -0.39 is 24.0 Å². The largest absolute Gasteiger partial charge is 0.461 e. The molecule has 0 spiro atoms. The van der Waals surface area contributed by atoms with E-state index >= 15 is 0 Å². The minimum Gasteiger partial charge on any atom is -0.461 e. The predicted molar refractivity (Wildman–Crippen MR) is 171 cm³/mol. The summed E-state index contributed by atoms with van der Waals surface area (Å²) in [5.74, 6) is -1.33. The number of piperazine rings is 1. The number of hydrogen-bond acceptors (Lipinski definition) is 10. The van der Waals surface area contributed by atoms with Gasteiger partial charge in [0.05, 0.1) is 19.1 Å². The molecule has 14 heteroatoms. The van der Waals surface area contributed by atoms with E-state index in [-0.39, 0.29) is 68.4 Å². The highest BCUT2D eigenvalue weighted by Gasteiger charge is 2.35. The summed E-state index contributed by atoms with van der Waals surface area (Å²) < 4.78 is 5.08. The standard InChI is InChI=1S/C32H53N7O7/c1-4-20-46-31(44)10-9-25(27(40)22-36-16-18-37(19-17-36)23-30(43)38-14-5-6-15-38)35-32(45)26-8-7-12-34-39(26)29(42)11-13-33-28(41)21-24(2)3/h4,24-26,34H,1,5-23H2,2-3H3,(H,33,41)(H,35,45)/t25-,26+/m1/s1. The Bertz CT molecular complexity index is 1070. The molecule has 0 unspecified atom stereocenters. The first kappa shape index (κ1) is 37.1. The molecule has 3 aliphatic rings. The zero-order chi connectivity index (χ0) is 33.5. The van der Waals surface area contributed by atoms with E-state index in [1.165, 1.54) is 11.1 Å². The highest BCUT2D eigenvalue weighted by Crippen LogP contribution is 2.15. The number of rotatable bonds is 17. The van der Waals surface area contributed by atoms with Gasteiger partial charge in [-0.2, -0.15) is 0 Å². The molecule has 3 aliphatic heterocycles. The van der Waals surface area contributed by atoms with Crippen LogP contribution in [0.25, 0.3) is 0 Å². The molecule has 0 aliphatic carbocycles. The van der Waals surface area contributed by atoms with Crippen LogP contribution in [0.15, 0.2) is 12.7 Å². The number of hydrogen-bond donors (Lipinski definition) is 3. The van der Waals surface area contributed by atoms with Crippen molar-refractivity contribution in [1.29, 1.82) is 0 Å². The number of nitrogens with zero attached hydrogens (tertiary/aromatic N) is 4. The highest BCUT2D eigenvalue weighted by atomic mass is 16.5. The minimum atomic E-state index is -0.951. The number of likely N-dealkylation sites (tertiary alicyclic amines) is 1. The number of ether oxygens (including phenoxy) is 1. The van der Waals surface area contributed by atoms with Gasteiger partial charge in [-0.25, -0.2) is 5.43 Å². The van der Waals surface area contributed by atoms with Gasteiger partial charge >= 0.3 is 5.97 Å². The Morgan fingerprint density at radius 1 is 0.913 bits per heavy atom. The molecule has 4 amide bonds. The van der Waals surface area contributed by atoms with Gasteiger partial charge in [0.25, 0.3) is 0 Å². The van der Waals surface area contributed by atoms with Gasteiger partial charge in [-0.15, -0.1) is 0 Å². The number of ketones is 1. The molecule has 0 bridgehead atoms. The van der Waals surface area contributed by atoms with Crippen LogP contribution >= 0.6 is 0 Å². The first-order valence-electron chi connectivity index (χ1n) is 16.7. The Hall–Kier alpha value is -3.36. The van der Waals surface area contributed by atoms with Crippen molar-refractivity contribution in [2.75, 3.05) is 72.1 Å². The Kier molecular flexibility index (Phi) is 15.6. The van der Waals surface area contributed by atoms with E-state index in [4.69, 9.17) is 4.74 Å². The molecule has 2 atom stereocenters. The fourth-order valence-corrected chi connectivity index (χ4v) is 5.88. The molecule has 0 aromatic carbocycles. The number of hydrazine groups is 1. The topological polar surface area (TPSA) is 161 Å². The highest BCUT2D eigenvalue weighted by molar-refractivity contribution is 5.94. The fourth-order valence-electron chi connectivity index (χ4n) is 5.88. The third-order valence-corrected chi connectivity index (χ3v) is 8.44. The number of amides is 4. The first-order chi connectivity index (χ1) is 22.1. The van der Waals surface area contributed by atoms with E-state index in [2.05, 4.69) is 27.5 Å². The Morgan fingerprint density at radius 3 is 2.24 bits per heavy atom. The Morgan fingerprint density at radius 2 is 1.59 bits per heavy atom. The molecular formula is C32H53N7O7. The molecule has 3 N–H and O–H groups in total. The van der Waals surface area contributed by atoms with Gasteiger partial charge in [-0.3, -0.25) is 43.6 Å². The van der Waals surface area contributed by atoms with Crippen LogP contribution in [0.3, 0.4) is 0 Å². The molecular weight excluding hydrogens is 594 g/mol. The number of carbonyl (C=O) groups is 6. The fraction of sp³-hybridized carbons (Fsp3) is 0.750.